The topological polar surface area (TPSA) is 78.4 Å². The second-order valence-electron chi connectivity index (χ2n) is 5.23. The van der Waals surface area contributed by atoms with Gasteiger partial charge in [-0.2, -0.15) is 0 Å². The van der Waals surface area contributed by atoms with E-state index in [-0.39, 0.29) is 34.0 Å². The lowest BCUT2D eigenvalue weighted by Gasteiger charge is -2.53. The molecule has 0 saturated heterocycles. The van der Waals surface area contributed by atoms with Gasteiger partial charge < -0.3 is 10.5 Å². The molecule has 0 bridgehead atoms. The molecule has 0 amide bonds. The number of hydrogen-bond acceptors (Lipinski definition) is 4. The molecule has 1 fully saturated rings. The zero-order valence-corrected chi connectivity index (χ0v) is 12.4. The van der Waals surface area contributed by atoms with Crippen molar-refractivity contribution >= 4 is 17.3 Å². The van der Waals surface area contributed by atoms with Gasteiger partial charge in [-0.1, -0.05) is 31.5 Å². The molecule has 2 N–H and O–H groups in total. The van der Waals surface area contributed by atoms with E-state index in [1.54, 1.807) is 12.1 Å². The number of benzene rings is 1. The summed E-state index contributed by atoms with van der Waals surface area (Å²) >= 11 is 6.05. The molecule has 0 spiro atoms. The molecule has 1 aromatic carbocycles. The Morgan fingerprint density at radius 1 is 1.50 bits per heavy atom. The second-order valence-corrected chi connectivity index (χ2v) is 5.64. The number of nitrogens with zero attached hydrogens (tertiary/aromatic N) is 1. The smallest absolute Gasteiger partial charge is 0.312 e. The standard InChI is InChI=1S/C14H19ClN2O3/c1-3-14(4-2)11(16)8-12(14)20-13-9(15)6-5-7-10(13)17(18)19/h5-7,11-12H,3-4,8,16H2,1-2H3. The van der Waals surface area contributed by atoms with E-state index in [1.165, 1.54) is 6.07 Å². The first-order chi connectivity index (χ1) is 9.46. The van der Waals surface area contributed by atoms with Crippen LogP contribution >= 0.6 is 11.6 Å². The van der Waals surface area contributed by atoms with E-state index >= 15 is 0 Å². The van der Waals surface area contributed by atoms with Gasteiger partial charge in [0, 0.05) is 23.9 Å². The zero-order valence-electron chi connectivity index (χ0n) is 11.6. The van der Waals surface area contributed by atoms with E-state index in [2.05, 4.69) is 13.8 Å². The Balaban J connectivity index is 2.30. The summed E-state index contributed by atoms with van der Waals surface area (Å²) in [4.78, 5) is 10.6. The van der Waals surface area contributed by atoms with Crippen molar-refractivity contribution in [3.8, 4) is 5.75 Å². The average Bonchev–Trinajstić information content (AvgIpc) is 2.41. The summed E-state index contributed by atoms with van der Waals surface area (Å²) in [5.74, 6) is 0.155. The summed E-state index contributed by atoms with van der Waals surface area (Å²) in [5, 5.41) is 11.3. The third-order valence-electron chi connectivity index (χ3n) is 4.57. The van der Waals surface area contributed by atoms with Crippen LogP contribution in [-0.4, -0.2) is 17.1 Å². The van der Waals surface area contributed by atoms with Gasteiger partial charge in [-0.3, -0.25) is 10.1 Å². The summed E-state index contributed by atoms with van der Waals surface area (Å²) in [6, 6.07) is 4.62. The predicted molar refractivity (Wildman–Crippen MR) is 78.1 cm³/mol. The first-order valence-electron chi connectivity index (χ1n) is 6.81. The molecule has 110 valence electrons. The molecule has 2 rings (SSSR count). The molecule has 0 heterocycles. The van der Waals surface area contributed by atoms with E-state index in [4.69, 9.17) is 22.1 Å². The number of hydrogen-bond donors (Lipinski definition) is 1. The van der Waals surface area contributed by atoms with Crippen LogP contribution in [0.15, 0.2) is 18.2 Å². The summed E-state index contributed by atoms with van der Waals surface area (Å²) in [6.07, 6.45) is 2.34. The van der Waals surface area contributed by atoms with Gasteiger partial charge in [-0.25, -0.2) is 0 Å². The largest absolute Gasteiger partial charge is 0.482 e. The van der Waals surface area contributed by atoms with Gasteiger partial charge in [-0.05, 0) is 18.9 Å². The van der Waals surface area contributed by atoms with Crippen LogP contribution in [-0.2, 0) is 0 Å². The van der Waals surface area contributed by atoms with Crippen molar-refractivity contribution in [3.05, 3.63) is 33.3 Å². The fraction of sp³-hybridized carbons (Fsp3) is 0.571. The molecule has 2 unspecified atom stereocenters. The predicted octanol–water partition coefficient (Wildman–Crippen LogP) is 3.53. The fourth-order valence-corrected chi connectivity index (χ4v) is 3.29. The molecule has 1 aliphatic rings. The van der Waals surface area contributed by atoms with E-state index < -0.39 is 4.92 Å². The van der Waals surface area contributed by atoms with E-state index in [0.717, 1.165) is 12.8 Å². The Morgan fingerprint density at radius 3 is 2.65 bits per heavy atom. The minimum atomic E-state index is -0.473. The van der Waals surface area contributed by atoms with Gasteiger partial charge in [-0.15, -0.1) is 0 Å². The third-order valence-corrected chi connectivity index (χ3v) is 4.86. The van der Waals surface area contributed by atoms with Crippen molar-refractivity contribution in [2.75, 3.05) is 0 Å². The number of nitro groups is 1. The van der Waals surface area contributed by atoms with Crippen LogP contribution in [0.3, 0.4) is 0 Å². The van der Waals surface area contributed by atoms with E-state index in [1.807, 2.05) is 0 Å². The molecule has 0 aliphatic heterocycles. The summed E-state index contributed by atoms with van der Waals surface area (Å²) in [5.41, 5.74) is 5.90. The maximum absolute atomic E-state index is 11.1. The molecule has 1 saturated carbocycles. The van der Waals surface area contributed by atoms with Gasteiger partial charge in [0.05, 0.1) is 9.95 Å². The highest BCUT2D eigenvalue weighted by Crippen LogP contribution is 2.49. The quantitative estimate of drug-likeness (QED) is 0.666. The van der Waals surface area contributed by atoms with E-state index in [9.17, 15) is 10.1 Å². The van der Waals surface area contributed by atoms with Gasteiger partial charge >= 0.3 is 5.69 Å². The number of halogens is 1. The molecule has 6 heteroatoms. The Labute approximate surface area is 123 Å². The lowest BCUT2D eigenvalue weighted by atomic mass is 9.59. The maximum atomic E-state index is 11.1. The highest BCUT2D eigenvalue weighted by molar-refractivity contribution is 6.32. The SMILES string of the molecule is CCC1(CC)C(N)CC1Oc1c(Cl)cccc1[N+](=O)[O-]. The molecule has 0 aromatic heterocycles. The minimum Gasteiger partial charge on any atom is -0.482 e. The number of nitro benzene ring substituents is 1. The molecular weight excluding hydrogens is 280 g/mol. The molecular formula is C14H19ClN2O3. The molecule has 1 aromatic rings. The summed E-state index contributed by atoms with van der Waals surface area (Å²) in [6.45, 7) is 4.14. The van der Waals surface area contributed by atoms with E-state index in [0.29, 0.717) is 6.42 Å². The Hall–Kier alpha value is -1.33. The van der Waals surface area contributed by atoms with Gasteiger partial charge in [0.2, 0.25) is 5.75 Å². The van der Waals surface area contributed by atoms with Crippen molar-refractivity contribution in [1.29, 1.82) is 0 Å². The van der Waals surface area contributed by atoms with Crippen LogP contribution in [0.5, 0.6) is 5.75 Å². The number of para-hydroxylation sites is 1. The van der Waals surface area contributed by atoms with Gasteiger partial charge in [0.25, 0.3) is 0 Å². The van der Waals surface area contributed by atoms with Crippen LogP contribution in [0, 0.1) is 15.5 Å². The Morgan fingerprint density at radius 2 is 2.15 bits per heavy atom. The van der Waals surface area contributed by atoms with Gasteiger partial charge in [0.1, 0.15) is 6.10 Å². The normalized spacial score (nSPS) is 24.0. The first kappa shape index (κ1) is 15.1. The average molecular weight is 299 g/mol. The van der Waals surface area contributed by atoms with Crippen molar-refractivity contribution in [1.82, 2.24) is 0 Å². The molecule has 2 atom stereocenters. The highest BCUT2D eigenvalue weighted by atomic mass is 35.5. The number of ether oxygens (including phenoxy) is 1. The Kier molecular flexibility index (Phi) is 4.20. The summed E-state index contributed by atoms with van der Waals surface area (Å²) < 4.78 is 5.89. The van der Waals surface area contributed by atoms with Crippen LogP contribution < -0.4 is 10.5 Å². The third kappa shape index (κ3) is 2.25. The lowest BCUT2D eigenvalue weighted by molar-refractivity contribution is -0.386. The van der Waals surface area contributed by atoms with Crippen LogP contribution in [0.2, 0.25) is 5.02 Å². The van der Waals surface area contributed by atoms with Crippen LogP contribution in [0.1, 0.15) is 33.1 Å². The maximum Gasteiger partial charge on any atom is 0.312 e. The van der Waals surface area contributed by atoms with Gasteiger partial charge in [0.15, 0.2) is 0 Å². The summed E-state index contributed by atoms with van der Waals surface area (Å²) in [7, 11) is 0. The first-order valence-corrected chi connectivity index (χ1v) is 7.19. The lowest BCUT2D eigenvalue weighted by Crippen LogP contribution is -2.63. The molecule has 1 aliphatic carbocycles. The molecule has 5 nitrogen and oxygen atoms in total. The van der Waals surface area contributed by atoms with Crippen molar-refractivity contribution in [2.45, 2.75) is 45.3 Å². The highest BCUT2D eigenvalue weighted by Gasteiger charge is 2.53. The van der Waals surface area contributed by atoms with Crippen molar-refractivity contribution in [3.63, 3.8) is 0 Å². The Bertz CT molecular complexity index is 517. The second kappa shape index (κ2) is 5.58. The fourth-order valence-electron chi connectivity index (χ4n) is 3.07. The molecule has 20 heavy (non-hydrogen) atoms. The monoisotopic (exact) mass is 298 g/mol. The van der Waals surface area contributed by atoms with Crippen LogP contribution in [0.4, 0.5) is 5.69 Å². The number of rotatable bonds is 5. The number of nitrogens with two attached hydrogens (primary N) is 1. The van der Waals surface area contributed by atoms with Crippen molar-refractivity contribution < 1.29 is 9.66 Å². The molecule has 0 radical (unpaired) electrons. The zero-order chi connectivity index (χ0) is 14.9. The minimum absolute atomic E-state index is 0.0732. The van der Waals surface area contributed by atoms with Crippen LogP contribution in [0.25, 0.3) is 0 Å². The van der Waals surface area contributed by atoms with Crippen molar-refractivity contribution in [2.24, 2.45) is 11.1 Å².